The lowest BCUT2D eigenvalue weighted by atomic mass is 10.0. The van der Waals surface area contributed by atoms with Crippen molar-refractivity contribution >= 4 is 53.1 Å². The fourth-order valence-electron chi connectivity index (χ4n) is 5.11. The van der Waals surface area contributed by atoms with Gasteiger partial charge in [0.15, 0.2) is 0 Å². The molecule has 5 amide bonds. The Kier molecular flexibility index (Phi) is 10.6. The Morgan fingerprint density at radius 1 is 0.870 bits per heavy atom. The van der Waals surface area contributed by atoms with E-state index in [-0.39, 0.29) is 43.7 Å². The second-order valence-corrected chi connectivity index (χ2v) is 10.8. The number of fused-ring (bicyclic) bond motifs is 2. The minimum atomic E-state index is -2.19. The number of hydrogen-bond acceptors (Lipinski definition) is 11. The molecule has 16 heteroatoms. The number of amidine groups is 1. The van der Waals surface area contributed by atoms with Gasteiger partial charge in [-0.15, -0.1) is 4.41 Å². The highest BCUT2D eigenvalue weighted by Crippen LogP contribution is 2.50. The third kappa shape index (κ3) is 6.51. The van der Waals surface area contributed by atoms with Gasteiger partial charge < -0.3 is 23.8 Å². The van der Waals surface area contributed by atoms with Crippen LogP contribution in [-0.2, 0) is 35.9 Å². The summed E-state index contributed by atoms with van der Waals surface area (Å²) in [6, 6.07) is 12.6. The zero-order valence-corrected chi connectivity index (χ0v) is 27.2. The zero-order chi connectivity index (χ0) is 33.6. The Labute approximate surface area is 270 Å². The quantitative estimate of drug-likeness (QED) is 0.255. The lowest BCUT2D eigenvalue weighted by Crippen LogP contribution is -2.59. The Bertz CT molecular complexity index is 1530. The second kappa shape index (κ2) is 14.4. The van der Waals surface area contributed by atoms with Crippen molar-refractivity contribution < 1.29 is 42.9 Å². The van der Waals surface area contributed by atoms with Crippen molar-refractivity contribution in [2.24, 2.45) is 4.99 Å². The number of rotatable bonds is 6. The van der Waals surface area contributed by atoms with Gasteiger partial charge in [0.25, 0.3) is 11.6 Å². The van der Waals surface area contributed by atoms with Crippen LogP contribution in [0.4, 0.5) is 24.9 Å². The highest BCUT2D eigenvalue weighted by molar-refractivity contribution is 8.12. The summed E-state index contributed by atoms with van der Waals surface area (Å²) in [5, 5.41) is 1.10. The summed E-state index contributed by atoms with van der Waals surface area (Å²) in [4.78, 5) is 73.5. The first-order valence-electron chi connectivity index (χ1n) is 14.6. The summed E-state index contributed by atoms with van der Waals surface area (Å²) in [6.07, 6.45) is -4.25. The van der Waals surface area contributed by atoms with Crippen LogP contribution in [0.25, 0.3) is 0 Å². The molecule has 1 atom stereocenters. The minimum absolute atomic E-state index is 0.00953. The Hall–Kier alpha value is -4.99. The van der Waals surface area contributed by atoms with Crippen LogP contribution in [0.15, 0.2) is 47.5 Å². The van der Waals surface area contributed by atoms with Gasteiger partial charge in [0, 0.05) is 5.56 Å². The van der Waals surface area contributed by atoms with Crippen LogP contribution in [0.2, 0.25) is 0 Å². The van der Waals surface area contributed by atoms with E-state index in [1.54, 1.807) is 52.0 Å². The molecule has 0 bridgehead atoms. The zero-order valence-electron chi connectivity index (χ0n) is 26.4. The first-order valence-corrected chi connectivity index (χ1v) is 15.4. The molecule has 46 heavy (non-hydrogen) atoms. The van der Waals surface area contributed by atoms with Crippen molar-refractivity contribution in [3.63, 3.8) is 0 Å². The molecule has 2 aliphatic heterocycles. The van der Waals surface area contributed by atoms with Crippen LogP contribution >= 0.6 is 11.9 Å². The van der Waals surface area contributed by atoms with E-state index in [0.717, 1.165) is 21.7 Å². The molecule has 2 aromatic carbocycles. The molecule has 2 aromatic rings. The summed E-state index contributed by atoms with van der Waals surface area (Å²) >= 11 is 0.404. The number of hydrazine groups is 2. The maximum atomic E-state index is 14.7. The van der Waals surface area contributed by atoms with E-state index in [1.807, 2.05) is 32.0 Å². The fourth-order valence-corrected chi connectivity index (χ4v) is 5.93. The number of amides is 5. The molecular weight excluding hydrogens is 620 g/mol. The number of aliphatic imine (C=N–C) groups is 1. The Balaban J connectivity index is 1.91. The molecule has 246 valence electrons. The molecule has 2 heterocycles. The van der Waals surface area contributed by atoms with Crippen molar-refractivity contribution in [3.8, 4) is 0 Å². The van der Waals surface area contributed by atoms with E-state index in [1.165, 1.54) is 4.90 Å². The van der Waals surface area contributed by atoms with Gasteiger partial charge in [-0.1, -0.05) is 47.5 Å². The molecule has 0 aliphatic carbocycles. The average Bonchev–Trinajstić information content (AvgIpc) is 3.45. The molecule has 0 saturated carbocycles. The van der Waals surface area contributed by atoms with E-state index in [0.29, 0.717) is 27.1 Å². The number of benzene rings is 2. The summed E-state index contributed by atoms with van der Waals surface area (Å²) in [5.41, 5.74) is 3.55. The highest BCUT2D eigenvalue weighted by Gasteiger charge is 2.65. The number of nitrogens with zero attached hydrogens (tertiary/aromatic N) is 5. The second-order valence-electron chi connectivity index (χ2n) is 9.91. The van der Waals surface area contributed by atoms with Crippen LogP contribution in [-0.4, -0.2) is 76.3 Å². The predicted octanol–water partition coefficient (Wildman–Crippen LogP) is 4.97. The van der Waals surface area contributed by atoms with Gasteiger partial charge >= 0.3 is 24.4 Å². The van der Waals surface area contributed by atoms with Crippen molar-refractivity contribution in [1.82, 2.24) is 19.9 Å². The van der Waals surface area contributed by atoms with Gasteiger partial charge in [-0.05, 0) is 53.2 Å². The van der Waals surface area contributed by atoms with Crippen molar-refractivity contribution in [1.29, 1.82) is 0 Å². The summed E-state index contributed by atoms with van der Waals surface area (Å²) < 4.78 is 21.2. The number of nitrogens with one attached hydrogen (secondary N) is 1. The maximum Gasteiger partial charge on any atom is 0.439 e. The van der Waals surface area contributed by atoms with Gasteiger partial charge in [-0.2, -0.15) is 10.0 Å². The topological polar surface area (TPSA) is 160 Å². The number of hydrogen-bond donors (Lipinski definition) is 1. The first-order chi connectivity index (χ1) is 22.0. The van der Waals surface area contributed by atoms with E-state index in [2.05, 4.69) is 10.4 Å². The van der Waals surface area contributed by atoms with Gasteiger partial charge in [-0.25, -0.2) is 29.6 Å². The Morgan fingerprint density at radius 3 is 2.11 bits per heavy atom. The third-order valence-electron chi connectivity index (χ3n) is 6.64. The van der Waals surface area contributed by atoms with Crippen LogP contribution < -0.4 is 10.3 Å². The number of para-hydroxylation sites is 1. The molecular formula is C30H36N6O9S. The monoisotopic (exact) mass is 656 g/mol. The average molecular weight is 657 g/mol. The molecule has 0 radical (unpaired) electrons. The Morgan fingerprint density at radius 2 is 1.48 bits per heavy atom. The van der Waals surface area contributed by atoms with Crippen LogP contribution in [0.5, 0.6) is 0 Å². The van der Waals surface area contributed by atoms with Gasteiger partial charge in [0.2, 0.25) is 5.17 Å². The lowest BCUT2D eigenvalue weighted by Gasteiger charge is -2.35. The van der Waals surface area contributed by atoms with E-state index >= 15 is 0 Å². The summed E-state index contributed by atoms with van der Waals surface area (Å²) in [5.74, 6) is -0.674. The van der Waals surface area contributed by atoms with Crippen LogP contribution in [0.3, 0.4) is 0 Å². The SMILES string of the molecule is CCOC(=O)NN(SC1=NC2(C(=O)N(Cc3cc(C)cc(C)c3)c3ccccc32)N(C(=O)OCC)N1C(=O)OCC)C(=O)OCC. The maximum absolute atomic E-state index is 14.7. The number of aryl methyl sites for hydroxylation is 2. The number of anilines is 1. The fraction of sp³-hybridized carbons (Fsp3) is 0.400. The molecule has 2 aliphatic rings. The number of carbonyl (C=O) groups excluding carboxylic acids is 5. The minimum Gasteiger partial charge on any atom is -0.449 e. The van der Waals surface area contributed by atoms with Gasteiger partial charge in [0.1, 0.15) is 0 Å². The summed E-state index contributed by atoms with van der Waals surface area (Å²) in [6.45, 7) is 9.97. The molecule has 4 rings (SSSR count). The van der Waals surface area contributed by atoms with E-state index in [9.17, 15) is 24.0 Å². The molecule has 0 aromatic heterocycles. The number of carbonyl (C=O) groups is 5. The molecule has 1 N–H and O–H groups in total. The van der Waals surface area contributed by atoms with Crippen LogP contribution in [0.1, 0.15) is 49.9 Å². The predicted molar refractivity (Wildman–Crippen MR) is 167 cm³/mol. The van der Waals surface area contributed by atoms with E-state index < -0.39 is 35.9 Å². The van der Waals surface area contributed by atoms with Gasteiger partial charge in [0.05, 0.1) is 50.6 Å². The summed E-state index contributed by atoms with van der Waals surface area (Å²) in [7, 11) is 0. The van der Waals surface area contributed by atoms with E-state index in [4.69, 9.17) is 18.9 Å². The largest absolute Gasteiger partial charge is 0.449 e. The van der Waals surface area contributed by atoms with Gasteiger partial charge in [-0.3, -0.25) is 4.79 Å². The van der Waals surface area contributed by atoms with Crippen molar-refractivity contribution in [2.45, 2.75) is 53.8 Å². The molecule has 15 nitrogen and oxygen atoms in total. The first kappa shape index (κ1) is 33.9. The smallest absolute Gasteiger partial charge is 0.439 e. The van der Waals surface area contributed by atoms with Crippen molar-refractivity contribution in [2.75, 3.05) is 31.3 Å². The molecule has 0 saturated heterocycles. The third-order valence-corrected chi connectivity index (χ3v) is 7.49. The van der Waals surface area contributed by atoms with Crippen molar-refractivity contribution in [3.05, 3.63) is 64.7 Å². The van der Waals surface area contributed by atoms with Crippen LogP contribution in [0, 0.1) is 13.8 Å². The number of ether oxygens (including phenoxy) is 4. The molecule has 1 spiro atoms. The normalized spacial score (nSPS) is 16.6. The lowest BCUT2D eigenvalue weighted by molar-refractivity contribution is -0.133. The standard InChI is InChI=1S/C30H36N6O9S/c1-7-42-26(38)32-36(29(41)45-10-4)46-25-31-30(35(28(40)44-9-3)34(25)27(39)43-8-2)22-13-11-12-14-23(22)33(24(30)37)18-21-16-19(5)15-20(6)17-21/h11-17H,7-10,18H2,1-6H3,(H,32,38). The highest BCUT2D eigenvalue weighted by atomic mass is 32.2. The molecule has 1 unspecified atom stereocenters. The molecule has 0 fully saturated rings.